The molecule has 3 rings (SSSR count). The Kier molecular flexibility index (Phi) is 4.49. The van der Waals surface area contributed by atoms with E-state index in [-0.39, 0.29) is 5.69 Å². The van der Waals surface area contributed by atoms with E-state index in [9.17, 15) is 24.1 Å². The third kappa shape index (κ3) is 3.30. The molecule has 1 heterocycles. The second-order valence-electron chi connectivity index (χ2n) is 5.71. The zero-order valence-electron chi connectivity index (χ0n) is 13.7. The molecular weight excluding hydrogens is 341 g/mol. The number of rotatable bonds is 4. The van der Waals surface area contributed by atoms with E-state index in [4.69, 9.17) is 0 Å². The Hall–Kier alpha value is -3.55. The van der Waals surface area contributed by atoms with Crippen LogP contribution in [0, 0.1) is 15.9 Å². The molecule has 0 spiro atoms. The number of hydrogen-bond acceptors (Lipinski definition) is 4. The molecule has 132 valence electrons. The summed E-state index contributed by atoms with van der Waals surface area (Å²) in [5, 5.41) is 14.0. The number of benzene rings is 2. The van der Waals surface area contributed by atoms with Crippen molar-refractivity contribution in [2.75, 3.05) is 5.32 Å². The van der Waals surface area contributed by atoms with Gasteiger partial charge in [0.25, 0.3) is 11.2 Å². The number of anilines is 1. The van der Waals surface area contributed by atoms with Crippen LogP contribution in [0.1, 0.15) is 13.0 Å². The molecule has 1 atom stereocenters. The van der Waals surface area contributed by atoms with E-state index in [1.165, 1.54) is 59.2 Å². The SMILES string of the molecule is CC(C(=O)Nc1ccc(F)cc1)n1c(=O)ccc2cc([N+](=O)[O-])ccc21. The molecule has 1 aromatic heterocycles. The van der Waals surface area contributed by atoms with Gasteiger partial charge in [-0.05, 0) is 43.3 Å². The summed E-state index contributed by atoms with van der Waals surface area (Å²) >= 11 is 0. The fourth-order valence-corrected chi connectivity index (χ4v) is 2.67. The molecule has 0 radical (unpaired) electrons. The molecule has 0 aliphatic rings. The first-order chi connectivity index (χ1) is 12.4. The number of hydrogen-bond donors (Lipinski definition) is 1. The van der Waals surface area contributed by atoms with Crippen molar-refractivity contribution in [2.24, 2.45) is 0 Å². The Morgan fingerprint density at radius 2 is 1.85 bits per heavy atom. The highest BCUT2D eigenvalue weighted by Crippen LogP contribution is 2.22. The van der Waals surface area contributed by atoms with Crippen molar-refractivity contribution in [3.8, 4) is 0 Å². The normalized spacial score (nSPS) is 11.9. The van der Waals surface area contributed by atoms with E-state index >= 15 is 0 Å². The van der Waals surface area contributed by atoms with Gasteiger partial charge in [0, 0.05) is 29.3 Å². The van der Waals surface area contributed by atoms with Gasteiger partial charge in [-0.1, -0.05) is 0 Å². The fraction of sp³-hybridized carbons (Fsp3) is 0.111. The van der Waals surface area contributed by atoms with Crippen LogP contribution in [0.5, 0.6) is 0 Å². The lowest BCUT2D eigenvalue weighted by Gasteiger charge is -2.17. The van der Waals surface area contributed by atoms with Crippen LogP contribution >= 0.6 is 0 Å². The van der Waals surface area contributed by atoms with Crippen LogP contribution < -0.4 is 10.9 Å². The van der Waals surface area contributed by atoms with E-state index in [0.29, 0.717) is 16.6 Å². The van der Waals surface area contributed by atoms with Crippen LogP contribution in [0.25, 0.3) is 10.9 Å². The average Bonchev–Trinajstić information content (AvgIpc) is 2.62. The van der Waals surface area contributed by atoms with Crippen molar-refractivity contribution < 1.29 is 14.1 Å². The molecule has 0 bridgehead atoms. The lowest BCUT2D eigenvalue weighted by Crippen LogP contribution is -2.31. The molecule has 1 unspecified atom stereocenters. The predicted octanol–water partition coefficient (Wildman–Crippen LogP) is 3.25. The lowest BCUT2D eigenvalue weighted by molar-refractivity contribution is -0.384. The van der Waals surface area contributed by atoms with Crippen LogP contribution in [-0.4, -0.2) is 15.4 Å². The second-order valence-corrected chi connectivity index (χ2v) is 5.71. The number of non-ortho nitro benzene ring substituents is 1. The second kappa shape index (κ2) is 6.75. The van der Waals surface area contributed by atoms with Crippen LogP contribution in [0.15, 0.2) is 59.4 Å². The number of pyridine rings is 1. The number of aromatic nitrogens is 1. The highest BCUT2D eigenvalue weighted by molar-refractivity contribution is 5.94. The first kappa shape index (κ1) is 17.3. The van der Waals surface area contributed by atoms with Crippen LogP contribution in [0.4, 0.5) is 15.8 Å². The van der Waals surface area contributed by atoms with E-state index < -0.39 is 28.2 Å². The summed E-state index contributed by atoms with van der Waals surface area (Å²) in [5.74, 6) is -0.896. The van der Waals surface area contributed by atoms with Gasteiger partial charge in [0.2, 0.25) is 5.91 Å². The third-order valence-electron chi connectivity index (χ3n) is 4.00. The first-order valence-corrected chi connectivity index (χ1v) is 7.73. The summed E-state index contributed by atoms with van der Waals surface area (Å²) in [4.78, 5) is 35.2. The molecule has 0 aliphatic heterocycles. The quantitative estimate of drug-likeness (QED) is 0.574. The molecule has 1 amide bonds. The zero-order chi connectivity index (χ0) is 18.8. The smallest absolute Gasteiger partial charge is 0.270 e. The van der Waals surface area contributed by atoms with Crippen LogP contribution in [-0.2, 0) is 4.79 Å². The maximum atomic E-state index is 13.0. The van der Waals surface area contributed by atoms with E-state index in [0.717, 1.165) is 0 Å². The molecule has 0 saturated heterocycles. The van der Waals surface area contributed by atoms with Crippen molar-refractivity contribution in [3.05, 3.63) is 80.9 Å². The van der Waals surface area contributed by atoms with Gasteiger partial charge in [0.1, 0.15) is 11.9 Å². The molecule has 1 N–H and O–H groups in total. The largest absolute Gasteiger partial charge is 0.324 e. The lowest BCUT2D eigenvalue weighted by atomic mass is 10.1. The molecule has 2 aromatic carbocycles. The minimum absolute atomic E-state index is 0.105. The highest BCUT2D eigenvalue weighted by atomic mass is 19.1. The Morgan fingerprint density at radius 1 is 1.15 bits per heavy atom. The number of nitro benzene ring substituents is 1. The van der Waals surface area contributed by atoms with Crippen LogP contribution in [0.3, 0.4) is 0 Å². The summed E-state index contributed by atoms with van der Waals surface area (Å²) in [5.41, 5.74) is 0.288. The molecular formula is C18H14FN3O4. The predicted molar refractivity (Wildman–Crippen MR) is 94.6 cm³/mol. The maximum Gasteiger partial charge on any atom is 0.270 e. The van der Waals surface area contributed by atoms with Gasteiger partial charge in [-0.2, -0.15) is 0 Å². The number of carbonyl (C=O) groups excluding carboxylic acids is 1. The molecule has 0 aliphatic carbocycles. The van der Waals surface area contributed by atoms with Gasteiger partial charge in [0.05, 0.1) is 10.4 Å². The van der Waals surface area contributed by atoms with Crippen molar-refractivity contribution in [3.63, 3.8) is 0 Å². The summed E-state index contributed by atoms with van der Waals surface area (Å²) in [6.07, 6.45) is 0. The standard InChI is InChI=1S/C18H14FN3O4/c1-11(18(24)20-14-5-3-13(19)4-6-14)21-16-8-7-15(22(25)26)10-12(16)2-9-17(21)23/h2-11H,1H3,(H,20,24). The Bertz CT molecular complexity index is 1060. The van der Waals surface area contributed by atoms with Crippen LogP contribution in [0.2, 0.25) is 0 Å². The molecule has 26 heavy (non-hydrogen) atoms. The number of halogens is 1. The number of amides is 1. The van der Waals surface area contributed by atoms with Crippen molar-refractivity contribution >= 4 is 28.2 Å². The van der Waals surface area contributed by atoms with Crippen molar-refractivity contribution in [1.82, 2.24) is 4.57 Å². The van der Waals surface area contributed by atoms with Gasteiger partial charge in [-0.25, -0.2) is 4.39 Å². The summed E-state index contributed by atoms with van der Waals surface area (Å²) in [6.45, 7) is 1.54. The minimum Gasteiger partial charge on any atom is -0.324 e. The minimum atomic E-state index is -0.877. The van der Waals surface area contributed by atoms with Gasteiger partial charge in [0.15, 0.2) is 0 Å². The summed E-state index contributed by atoms with van der Waals surface area (Å²) in [7, 11) is 0. The summed E-state index contributed by atoms with van der Waals surface area (Å²) < 4.78 is 14.2. The van der Waals surface area contributed by atoms with Gasteiger partial charge in [-0.3, -0.25) is 24.3 Å². The number of nitrogens with one attached hydrogen (secondary N) is 1. The monoisotopic (exact) mass is 355 g/mol. The molecule has 7 nitrogen and oxygen atoms in total. The number of carbonyl (C=O) groups is 1. The number of fused-ring (bicyclic) bond motifs is 1. The average molecular weight is 355 g/mol. The Morgan fingerprint density at radius 3 is 2.50 bits per heavy atom. The Labute approximate surface area is 146 Å². The van der Waals surface area contributed by atoms with Gasteiger partial charge >= 0.3 is 0 Å². The number of nitro groups is 1. The van der Waals surface area contributed by atoms with Gasteiger partial charge < -0.3 is 5.32 Å². The fourth-order valence-electron chi connectivity index (χ4n) is 2.67. The van der Waals surface area contributed by atoms with Gasteiger partial charge in [-0.15, -0.1) is 0 Å². The van der Waals surface area contributed by atoms with Crippen molar-refractivity contribution in [2.45, 2.75) is 13.0 Å². The third-order valence-corrected chi connectivity index (χ3v) is 4.00. The maximum absolute atomic E-state index is 13.0. The van der Waals surface area contributed by atoms with E-state index in [2.05, 4.69) is 5.32 Å². The van der Waals surface area contributed by atoms with E-state index in [1.807, 2.05) is 0 Å². The Balaban J connectivity index is 1.98. The highest BCUT2D eigenvalue weighted by Gasteiger charge is 2.19. The molecule has 0 saturated carbocycles. The summed E-state index contributed by atoms with van der Waals surface area (Å²) in [6, 6.07) is 11.2. The van der Waals surface area contributed by atoms with Crippen molar-refractivity contribution in [1.29, 1.82) is 0 Å². The molecule has 3 aromatic rings. The first-order valence-electron chi connectivity index (χ1n) is 7.73. The van der Waals surface area contributed by atoms with E-state index in [1.54, 1.807) is 6.92 Å². The molecule has 0 fully saturated rings. The molecule has 8 heteroatoms. The number of nitrogens with zero attached hydrogens (tertiary/aromatic N) is 2. The zero-order valence-corrected chi connectivity index (χ0v) is 13.7. The topological polar surface area (TPSA) is 94.2 Å².